The Kier molecular flexibility index (Phi) is 4.76. The van der Waals surface area contributed by atoms with Gasteiger partial charge in [-0.15, -0.1) is 0 Å². The van der Waals surface area contributed by atoms with Crippen molar-refractivity contribution in [3.63, 3.8) is 0 Å². The van der Waals surface area contributed by atoms with Crippen LogP contribution in [0.2, 0.25) is 0 Å². The highest BCUT2D eigenvalue weighted by Crippen LogP contribution is 2.27. The van der Waals surface area contributed by atoms with E-state index in [2.05, 4.69) is 15.4 Å². The zero-order valence-electron chi connectivity index (χ0n) is 14.0. The monoisotopic (exact) mass is 374 g/mol. The molecule has 0 aliphatic heterocycles. The molecular formula is C18H13F3N4O2. The fourth-order valence-electron chi connectivity index (χ4n) is 2.34. The molecule has 3 rings (SSSR count). The lowest BCUT2D eigenvalue weighted by molar-refractivity contribution is -0.141. The number of carbonyl (C=O) groups is 2. The maximum Gasteiger partial charge on any atom is 0.433 e. The molecule has 0 saturated carbocycles. The quantitative estimate of drug-likeness (QED) is 0.706. The number of hydrogen-bond acceptors (Lipinski definition) is 4. The molecule has 1 N–H and O–H groups in total. The first kappa shape index (κ1) is 18.3. The maximum atomic E-state index is 12.8. The topological polar surface area (TPSA) is 76.9 Å². The number of Topliss-reactive ketones (excluding diaryl/α,β-unsaturated/α-hetero) is 1. The molecular weight excluding hydrogens is 361 g/mol. The minimum absolute atomic E-state index is 0.0146. The summed E-state index contributed by atoms with van der Waals surface area (Å²) in [5, 5.41) is 6.54. The van der Waals surface area contributed by atoms with Crippen molar-refractivity contribution in [2.24, 2.45) is 0 Å². The molecule has 1 amide bonds. The van der Waals surface area contributed by atoms with Gasteiger partial charge >= 0.3 is 6.18 Å². The number of alkyl halides is 3. The first-order valence-electron chi connectivity index (χ1n) is 7.77. The number of ketones is 1. The van der Waals surface area contributed by atoms with Crippen LogP contribution in [0.25, 0.3) is 5.69 Å². The van der Waals surface area contributed by atoms with Gasteiger partial charge in [-0.05, 0) is 24.3 Å². The van der Waals surface area contributed by atoms with Crippen LogP contribution in [0.5, 0.6) is 0 Å². The van der Waals surface area contributed by atoms with Crippen molar-refractivity contribution in [1.82, 2.24) is 14.8 Å². The van der Waals surface area contributed by atoms with Crippen molar-refractivity contribution < 1.29 is 22.8 Å². The van der Waals surface area contributed by atoms with E-state index in [1.54, 1.807) is 30.3 Å². The molecule has 0 aliphatic carbocycles. The summed E-state index contributed by atoms with van der Waals surface area (Å²) in [6.07, 6.45) is -3.25. The summed E-state index contributed by atoms with van der Waals surface area (Å²) in [6, 6.07) is 11.9. The average molecular weight is 374 g/mol. The van der Waals surface area contributed by atoms with Gasteiger partial charge in [0.25, 0.3) is 5.91 Å². The van der Waals surface area contributed by atoms with Gasteiger partial charge in [0.2, 0.25) is 0 Å². The summed E-state index contributed by atoms with van der Waals surface area (Å²) in [4.78, 5) is 27.5. The van der Waals surface area contributed by atoms with Gasteiger partial charge < -0.3 is 5.32 Å². The smallest absolute Gasteiger partial charge is 0.317 e. The third-order valence-electron chi connectivity index (χ3n) is 3.59. The summed E-state index contributed by atoms with van der Waals surface area (Å²) in [7, 11) is 0. The Balaban J connectivity index is 1.92. The lowest BCUT2D eigenvalue weighted by Crippen LogP contribution is -2.17. The molecule has 0 radical (unpaired) electrons. The highest BCUT2D eigenvalue weighted by molar-refractivity contribution is 6.07. The summed E-state index contributed by atoms with van der Waals surface area (Å²) >= 11 is 0. The molecule has 0 aliphatic rings. The van der Waals surface area contributed by atoms with Crippen LogP contribution in [0.15, 0.2) is 54.7 Å². The standard InChI is InChI=1S/C18H13F3N4O2/c1-11(26)16-14(10-25(24-16)12-6-3-2-4-7-12)23-17(27)13-8-5-9-15(22-13)18(19,20)21/h2-10H,1H3,(H,23,27). The number of anilines is 1. The van der Waals surface area contributed by atoms with Crippen molar-refractivity contribution in [2.75, 3.05) is 5.32 Å². The third kappa shape index (κ3) is 4.02. The zero-order chi connectivity index (χ0) is 19.6. The number of para-hydroxylation sites is 1. The second kappa shape index (κ2) is 7.02. The van der Waals surface area contributed by atoms with E-state index >= 15 is 0 Å². The molecule has 1 aromatic carbocycles. The SMILES string of the molecule is CC(=O)c1nn(-c2ccccc2)cc1NC(=O)c1cccc(C(F)(F)F)n1. The van der Waals surface area contributed by atoms with E-state index in [-0.39, 0.29) is 11.4 Å². The van der Waals surface area contributed by atoms with Crippen molar-refractivity contribution in [3.05, 3.63) is 71.8 Å². The van der Waals surface area contributed by atoms with Crippen LogP contribution in [0.4, 0.5) is 18.9 Å². The number of benzene rings is 1. The van der Waals surface area contributed by atoms with Gasteiger partial charge in [0.15, 0.2) is 11.5 Å². The van der Waals surface area contributed by atoms with Crippen LogP contribution < -0.4 is 5.32 Å². The van der Waals surface area contributed by atoms with E-state index in [0.29, 0.717) is 5.69 Å². The summed E-state index contributed by atoms with van der Waals surface area (Å²) in [5.74, 6) is -1.28. The van der Waals surface area contributed by atoms with Gasteiger partial charge in [0, 0.05) is 6.92 Å². The van der Waals surface area contributed by atoms with Crippen LogP contribution >= 0.6 is 0 Å². The Morgan fingerprint density at radius 2 is 1.74 bits per heavy atom. The van der Waals surface area contributed by atoms with Crippen LogP contribution in [0, 0.1) is 0 Å². The van der Waals surface area contributed by atoms with E-state index in [9.17, 15) is 22.8 Å². The summed E-state index contributed by atoms with van der Waals surface area (Å²) in [5.41, 5.74) is -0.888. The number of halogens is 3. The first-order valence-corrected chi connectivity index (χ1v) is 7.77. The van der Waals surface area contributed by atoms with Gasteiger partial charge in [0.05, 0.1) is 17.6 Å². The van der Waals surface area contributed by atoms with Crippen molar-refractivity contribution in [2.45, 2.75) is 13.1 Å². The second-order valence-electron chi connectivity index (χ2n) is 5.59. The van der Waals surface area contributed by atoms with E-state index in [1.807, 2.05) is 0 Å². The van der Waals surface area contributed by atoms with Gasteiger partial charge in [0.1, 0.15) is 11.4 Å². The normalized spacial score (nSPS) is 11.3. The predicted octanol–water partition coefficient (Wildman–Crippen LogP) is 3.74. The van der Waals surface area contributed by atoms with Crippen LogP contribution in [0.1, 0.15) is 33.6 Å². The summed E-state index contributed by atoms with van der Waals surface area (Å²) < 4.78 is 39.7. The van der Waals surface area contributed by atoms with Crippen molar-refractivity contribution in [3.8, 4) is 5.69 Å². The molecule has 0 atom stereocenters. The fraction of sp³-hybridized carbons (Fsp3) is 0.111. The Morgan fingerprint density at radius 1 is 1.04 bits per heavy atom. The number of hydrogen-bond donors (Lipinski definition) is 1. The maximum absolute atomic E-state index is 12.8. The summed E-state index contributed by atoms with van der Waals surface area (Å²) in [6.45, 7) is 1.27. The van der Waals surface area contributed by atoms with Gasteiger partial charge in [-0.3, -0.25) is 9.59 Å². The van der Waals surface area contributed by atoms with Gasteiger partial charge in [-0.1, -0.05) is 24.3 Å². The van der Waals surface area contributed by atoms with Crippen molar-refractivity contribution in [1.29, 1.82) is 0 Å². The minimum Gasteiger partial charge on any atom is -0.317 e. The number of rotatable bonds is 4. The molecule has 0 saturated heterocycles. The molecule has 0 spiro atoms. The number of pyridine rings is 1. The number of nitrogens with one attached hydrogen (secondary N) is 1. The molecule has 2 heterocycles. The lowest BCUT2D eigenvalue weighted by atomic mass is 10.2. The molecule has 6 nitrogen and oxygen atoms in total. The molecule has 138 valence electrons. The molecule has 0 bridgehead atoms. The van der Waals surface area contributed by atoms with Crippen LogP contribution in [-0.2, 0) is 6.18 Å². The van der Waals surface area contributed by atoms with E-state index in [1.165, 1.54) is 17.8 Å². The molecule has 27 heavy (non-hydrogen) atoms. The van der Waals surface area contributed by atoms with E-state index in [0.717, 1.165) is 18.2 Å². The molecule has 3 aromatic rings. The van der Waals surface area contributed by atoms with Crippen molar-refractivity contribution >= 4 is 17.4 Å². The molecule has 0 unspecified atom stereocenters. The largest absolute Gasteiger partial charge is 0.433 e. The molecule has 9 heteroatoms. The number of nitrogens with zero attached hydrogens (tertiary/aromatic N) is 3. The highest BCUT2D eigenvalue weighted by atomic mass is 19.4. The average Bonchev–Trinajstić information content (AvgIpc) is 3.06. The fourth-order valence-corrected chi connectivity index (χ4v) is 2.34. The minimum atomic E-state index is -4.67. The van der Waals surface area contributed by atoms with Gasteiger partial charge in [-0.2, -0.15) is 18.3 Å². The van der Waals surface area contributed by atoms with Crippen LogP contribution in [-0.4, -0.2) is 26.5 Å². The Bertz CT molecular complexity index is 997. The lowest BCUT2D eigenvalue weighted by Gasteiger charge is -2.08. The van der Waals surface area contributed by atoms with Gasteiger partial charge in [-0.25, -0.2) is 9.67 Å². The number of carbonyl (C=O) groups excluding carboxylic acids is 2. The Morgan fingerprint density at radius 3 is 2.37 bits per heavy atom. The Labute approximate surface area is 151 Å². The van der Waals surface area contributed by atoms with Crippen LogP contribution in [0.3, 0.4) is 0 Å². The molecule has 0 fully saturated rings. The Hall–Kier alpha value is -3.49. The van der Waals surface area contributed by atoms with E-state index < -0.39 is 29.3 Å². The predicted molar refractivity (Wildman–Crippen MR) is 90.8 cm³/mol. The first-order chi connectivity index (χ1) is 12.8. The third-order valence-corrected chi connectivity index (χ3v) is 3.59. The van der Waals surface area contributed by atoms with E-state index in [4.69, 9.17) is 0 Å². The zero-order valence-corrected chi connectivity index (χ0v) is 14.0. The second-order valence-corrected chi connectivity index (χ2v) is 5.59. The molecule has 2 aromatic heterocycles. The number of aromatic nitrogens is 3. The highest BCUT2D eigenvalue weighted by Gasteiger charge is 2.33. The number of amides is 1.